The first-order valence-corrected chi connectivity index (χ1v) is 29.1. The zero-order valence-corrected chi connectivity index (χ0v) is 43.7. The van der Waals surface area contributed by atoms with Crippen LogP contribution in [-0.2, 0) is 14.3 Å². The molecule has 0 aromatic heterocycles. The third-order valence-corrected chi connectivity index (χ3v) is 13.5. The smallest absolute Gasteiger partial charge is 0.305 e. The molecule has 65 heavy (non-hydrogen) atoms. The number of esters is 1. The second-order valence-corrected chi connectivity index (χ2v) is 20.0. The number of carbonyl (C=O) groups excluding carboxylic acids is 2. The summed E-state index contributed by atoms with van der Waals surface area (Å²) in [5.74, 6) is -0.0391. The van der Waals surface area contributed by atoms with Gasteiger partial charge in [-0.1, -0.05) is 250 Å². The minimum atomic E-state index is -0.666. The summed E-state index contributed by atoms with van der Waals surface area (Å²) in [4.78, 5) is 24.5. The number of unbranched alkanes of at least 4 members (excludes halogenated alkanes) is 39. The van der Waals surface area contributed by atoms with Gasteiger partial charge in [0, 0.05) is 12.8 Å². The van der Waals surface area contributed by atoms with Crippen molar-refractivity contribution in [3.8, 4) is 0 Å². The minimum absolute atomic E-state index is 0.00223. The molecule has 0 bridgehead atoms. The number of carbonyl (C=O) groups is 2. The summed E-state index contributed by atoms with van der Waals surface area (Å²) in [5, 5.41) is 23.2. The van der Waals surface area contributed by atoms with Gasteiger partial charge in [0.15, 0.2) is 0 Å². The van der Waals surface area contributed by atoms with Crippen LogP contribution in [0.1, 0.15) is 316 Å². The summed E-state index contributed by atoms with van der Waals surface area (Å²) in [5.41, 5.74) is 0. The standard InChI is InChI=1S/C59H113NO5/c1-3-5-7-9-11-13-15-28-33-37-41-45-49-53-59(64)65-54-50-46-42-38-34-30-27-25-23-21-19-17-18-20-22-24-26-29-32-36-40-44-48-52-58(63)60-56(55-61)57(62)51-47-43-39-35-31-16-14-12-10-8-6-4-2/h13,15,20,22,56-57,61-62H,3-12,14,16-19,21,23-55H2,1-2H3,(H,60,63)/b15-13-,22-20-. The molecular weight excluding hydrogens is 803 g/mol. The Balaban J connectivity index is 3.40. The van der Waals surface area contributed by atoms with Crippen molar-refractivity contribution in [2.24, 2.45) is 0 Å². The van der Waals surface area contributed by atoms with Crippen molar-refractivity contribution < 1.29 is 24.5 Å². The first kappa shape index (κ1) is 63.3. The van der Waals surface area contributed by atoms with E-state index in [0.29, 0.717) is 25.9 Å². The van der Waals surface area contributed by atoms with E-state index >= 15 is 0 Å². The summed E-state index contributed by atoms with van der Waals surface area (Å²) in [7, 11) is 0. The monoisotopic (exact) mass is 916 g/mol. The maximum Gasteiger partial charge on any atom is 0.305 e. The number of nitrogens with one attached hydrogen (secondary N) is 1. The Labute approximate surface area is 405 Å². The Bertz CT molecular complexity index is 1010. The lowest BCUT2D eigenvalue weighted by Crippen LogP contribution is -2.45. The van der Waals surface area contributed by atoms with Gasteiger partial charge < -0.3 is 20.3 Å². The van der Waals surface area contributed by atoms with Crippen molar-refractivity contribution in [3.05, 3.63) is 24.3 Å². The highest BCUT2D eigenvalue weighted by molar-refractivity contribution is 5.76. The highest BCUT2D eigenvalue weighted by Gasteiger charge is 2.20. The lowest BCUT2D eigenvalue weighted by molar-refractivity contribution is -0.143. The molecule has 0 saturated heterocycles. The van der Waals surface area contributed by atoms with Crippen LogP contribution < -0.4 is 5.32 Å². The van der Waals surface area contributed by atoms with E-state index in [1.807, 2.05) is 0 Å². The minimum Gasteiger partial charge on any atom is -0.466 e. The van der Waals surface area contributed by atoms with E-state index in [2.05, 4.69) is 43.5 Å². The Morgan fingerprint density at radius 2 is 0.723 bits per heavy atom. The van der Waals surface area contributed by atoms with Crippen LogP contribution >= 0.6 is 0 Å². The quantitative estimate of drug-likeness (QED) is 0.0321. The molecule has 0 spiro atoms. The van der Waals surface area contributed by atoms with Gasteiger partial charge in [0.25, 0.3) is 0 Å². The number of hydrogen-bond acceptors (Lipinski definition) is 5. The predicted molar refractivity (Wildman–Crippen MR) is 283 cm³/mol. The molecule has 0 saturated carbocycles. The Morgan fingerprint density at radius 1 is 0.415 bits per heavy atom. The third-order valence-electron chi connectivity index (χ3n) is 13.5. The molecule has 0 rings (SSSR count). The molecule has 384 valence electrons. The van der Waals surface area contributed by atoms with E-state index in [-0.39, 0.29) is 18.5 Å². The Kier molecular flexibility index (Phi) is 53.5. The van der Waals surface area contributed by atoms with Crippen LogP contribution in [0.4, 0.5) is 0 Å². The highest BCUT2D eigenvalue weighted by Crippen LogP contribution is 2.17. The molecule has 0 heterocycles. The number of aliphatic hydroxyl groups excluding tert-OH is 2. The van der Waals surface area contributed by atoms with Gasteiger partial charge in [0.1, 0.15) is 0 Å². The average molecular weight is 917 g/mol. The van der Waals surface area contributed by atoms with Gasteiger partial charge in [-0.3, -0.25) is 9.59 Å². The second-order valence-electron chi connectivity index (χ2n) is 20.0. The summed E-state index contributed by atoms with van der Waals surface area (Å²) in [6.07, 6.45) is 66.0. The lowest BCUT2D eigenvalue weighted by atomic mass is 10.0. The molecule has 2 unspecified atom stereocenters. The number of allylic oxidation sites excluding steroid dienone is 4. The van der Waals surface area contributed by atoms with Crippen LogP contribution in [-0.4, -0.2) is 47.4 Å². The number of aliphatic hydroxyl groups is 2. The Morgan fingerprint density at radius 3 is 1.11 bits per heavy atom. The van der Waals surface area contributed by atoms with Gasteiger partial charge in [0.2, 0.25) is 5.91 Å². The van der Waals surface area contributed by atoms with Crippen LogP contribution in [0.25, 0.3) is 0 Å². The van der Waals surface area contributed by atoms with E-state index in [9.17, 15) is 19.8 Å². The maximum atomic E-state index is 12.4. The fourth-order valence-electron chi connectivity index (χ4n) is 8.98. The van der Waals surface area contributed by atoms with E-state index in [0.717, 1.165) is 44.9 Å². The fraction of sp³-hybridized carbons (Fsp3) is 0.898. The van der Waals surface area contributed by atoms with Gasteiger partial charge in [-0.2, -0.15) is 0 Å². The van der Waals surface area contributed by atoms with Crippen molar-refractivity contribution >= 4 is 11.9 Å². The van der Waals surface area contributed by atoms with E-state index in [1.165, 1.54) is 238 Å². The number of hydrogen-bond donors (Lipinski definition) is 3. The number of amides is 1. The molecule has 6 nitrogen and oxygen atoms in total. The molecule has 0 aliphatic carbocycles. The summed E-state index contributed by atoms with van der Waals surface area (Å²) < 4.78 is 5.47. The molecule has 1 amide bonds. The van der Waals surface area contributed by atoms with Crippen LogP contribution in [0.5, 0.6) is 0 Å². The van der Waals surface area contributed by atoms with Crippen LogP contribution in [0, 0.1) is 0 Å². The molecule has 0 aliphatic rings. The molecule has 2 atom stereocenters. The van der Waals surface area contributed by atoms with Crippen LogP contribution in [0.15, 0.2) is 24.3 Å². The molecule has 0 aliphatic heterocycles. The SMILES string of the molecule is CCCCCC/C=C\CCCCCCCC(=O)OCCCCCCCCCCCCCC/C=C\CCCCCCCCCC(=O)NC(CO)C(O)CCCCCCCCCCCCCC. The molecular formula is C59H113NO5. The molecule has 0 radical (unpaired) electrons. The van der Waals surface area contributed by atoms with E-state index < -0.39 is 12.1 Å². The number of rotatable bonds is 54. The van der Waals surface area contributed by atoms with Gasteiger partial charge in [-0.15, -0.1) is 0 Å². The summed E-state index contributed by atoms with van der Waals surface area (Å²) in [6, 6.07) is -0.544. The summed E-state index contributed by atoms with van der Waals surface area (Å²) >= 11 is 0. The maximum absolute atomic E-state index is 12.4. The second kappa shape index (κ2) is 54.9. The van der Waals surface area contributed by atoms with Crippen molar-refractivity contribution in [3.63, 3.8) is 0 Å². The first-order valence-electron chi connectivity index (χ1n) is 29.1. The third kappa shape index (κ3) is 51.6. The molecule has 0 aromatic rings. The first-order chi connectivity index (χ1) is 32.0. The van der Waals surface area contributed by atoms with E-state index in [4.69, 9.17) is 4.74 Å². The van der Waals surface area contributed by atoms with Crippen molar-refractivity contribution in [1.82, 2.24) is 5.32 Å². The van der Waals surface area contributed by atoms with Gasteiger partial charge in [0.05, 0.1) is 25.4 Å². The van der Waals surface area contributed by atoms with Gasteiger partial charge in [-0.25, -0.2) is 0 Å². The van der Waals surface area contributed by atoms with E-state index in [1.54, 1.807) is 0 Å². The molecule has 6 heteroatoms. The van der Waals surface area contributed by atoms with Crippen LogP contribution in [0.2, 0.25) is 0 Å². The molecule has 3 N–H and O–H groups in total. The predicted octanol–water partition coefficient (Wildman–Crippen LogP) is 17.9. The summed E-state index contributed by atoms with van der Waals surface area (Å²) in [6.45, 7) is 4.93. The highest BCUT2D eigenvalue weighted by atomic mass is 16.5. The zero-order valence-electron chi connectivity index (χ0n) is 43.7. The average Bonchev–Trinajstić information content (AvgIpc) is 3.31. The fourth-order valence-corrected chi connectivity index (χ4v) is 8.98. The van der Waals surface area contributed by atoms with Gasteiger partial charge >= 0.3 is 5.97 Å². The number of ether oxygens (including phenoxy) is 1. The van der Waals surface area contributed by atoms with Crippen molar-refractivity contribution in [2.45, 2.75) is 328 Å². The lowest BCUT2D eigenvalue weighted by Gasteiger charge is -2.22. The van der Waals surface area contributed by atoms with Crippen LogP contribution in [0.3, 0.4) is 0 Å². The van der Waals surface area contributed by atoms with Crippen molar-refractivity contribution in [1.29, 1.82) is 0 Å². The van der Waals surface area contributed by atoms with Crippen molar-refractivity contribution in [2.75, 3.05) is 13.2 Å². The Hall–Kier alpha value is -1.66. The topological polar surface area (TPSA) is 95.9 Å². The zero-order chi connectivity index (χ0) is 47.2. The largest absolute Gasteiger partial charge is 0.466 e. The molecule has 0 aromatic carbocycles. The normalized spacial score (nSPS) is 12.7. The molecule has 0 fully saturated rings. The van der Waals surface area contributed by atoms with Gasteiger partial charge in [-0.05, 0) is 77.0 Å².